The second kappa shape index (κ2) is 3.71. The van der Waals surface area contributed by atoms with Gasteiger partial charge in [0.15, 0.2) is 5.82 Å². The lowest BCUT2D eigenvalue weighted by atomic mass is 10.2. The third kappa shape index (κ3) is 1.70. The zero-order chi connectivity index (χ0) is 11.8. The predicted octanol–water partition coefficient (Wildman–Crippen LogP) is 2.03. The van der Waals surface area contributed by atoms with Crippen LogP contribution in [-0.2, 0) is 0 Å². The molecule has 0 aliphatic rings. The largest absolute Gasteiger partial charge is 0.384 e. The number of nitrogens with zero attached hydrogens (tertiary/aromatic N) is 4. The summed E-state index contributed by atoms with van der Waals surface area (Å²) in [5, 5.41) is 4.84. The molecule has 0 spiro atoms. The van der Waals surface area contributed by atoms with Gasteiger partial charge in [-0.1, -0.05) is 11.6 Å². The fraction of sp³-hybridized carbons (Fsp3) is 0. The number of rotatable bonds is 1. The summed E-state index contributed by atoms with van der Waals surface area (Å²) in [6.45, 7) is 0. The molecule has 6 heteroatoms. The molecule has 17 heavy (non-hydrogen) atoms. The Morgan fingerprint density at radius 1 is 1.29 bits per heavy atom. The molecule has 2 N–H and O–H groups in total. The molecule has 0 saturated carbocycles. The molecule has 3 aromatic rings. The molecule has 0 fully saturated rings. The first-order chi connectivity index (χ1) is 8.24. The molecule has 0 aliphatic heterocycles. The number of aromatic nitrogens is 4. The average Bonchev–Trinajstić information content (AvgIpc) is 2.71. The first kappa shape index (κ1) is 10.0. The summed E-state index contributed by atoms with van der Waals surface area (Å²) in [6.07, 6.45) is 5.10. The van der Waals surface area contributed by atoms with Gasteiger partial charge in [-0.05, 0) is 18.2 Å². The lowest BCUT2D eigenvalue weighted by Crippen LogP contribution is -1.94. The maximum absolute atomic E-state index is 5.96. The Morgan fingerprint density at radius 2 is 2.18 bits per heavy atom. The molecule has 0 amide bonds. The molecule has 0 bridgehead atoms. The molecule has 5 nitrogen and oxygen atoms in total. The highest BCUT2D eigenvalue weighted by atomic mass is 35.5. The van der Waals surface area contributed by atoms with Gasteiger partial charge in [0.25, 0.3) is 0 Å². The minimum atomic E-state index is 0.427. The smallest absolute Gasteiger partial charge is 0.165 e. The maximum atomic E-state index is 5.96. The van der Waals surface area contributed by atoms with E-state index in [4.69, 9.17) is 17.3 Å². The van der Waals surface area contributed by atoms with Gasteiger partial charge < -0.3 is 5.73 Å². The van der Waals surface area contributed by atoms with E-state index in [2.05, 4.69) is 15.1 Å². The van der Waals surface area contributed by atoms with Crippen LogP contribution in [0.3, 0.4) is 0 Å². The van der Waals surface area contributed by atoms with Crippen LogP contribution in [0.5, 0.6) is 0 Å². The van der Waals surface area contributed by atoms with Crippen LogP contribution in [0.1, 0.15) is 0 Å². The average molecular weight is 246 g/mol. The summed E-state index contributed by atoms with van der Waals surface area (Å²) in [5.74, 6) is 0.971. The third-order valence-electron chi connectivity index (χ3n) is 2.40. The molecule has 0 saturated heterocycles. The van der Waals surface area contributed by atoms with E-state index in [1.54, 1.807) is 35.2 Å². The monoisotopic (exact) mass is 245 g/mol. The molecular weight excluding hydrogens is 238 g/mol. The number of halogens is 1. The number of fused-ring (bicyclic) bond motifs is 1. The Hall–Kier alpha value is -2.14. The van der Waals surface area contributed by atoms with Crippen LogP contribution in [0.15, 0.2) is 36.8 Å². The maximum Gasteiger partial charge on any atom is 0.165 e. The number of pyridine rings is 1. The van der Waals surface area contributed by atoms with E-state index in [0.29, 0.717) is 16.7 Å². The molecule has 0 unspecified atom stereocenters. The van der Waals surface area contributed by atoms with E-state index in [-0.39, 0.29) is 0 Å². The van der Waals surface area contributed by atoms with E-state index in [0.717, 1.165) is 11.1 Å². The van der Waals surface area contributed by atoms with Gasteiger partial charge in [-0.25, -0.2) is 14.5 Å². The minimum Gasteiger partial charge on any atom is -0.384 e. The Labute approximate surface area is 102 Å². The summed E-state index contributed by atoms with van der Waals surface area (Å²) >= 11 is 5.96. The lowest BCUT2D eigenvalue weighted by molar-refractivity contribution is 0.961. The van der Waals surface area contributed by atoms with Crippen molar-refractivity contribution >= 4 is 22.9 Å². The van der Waals surface area contributed by atoms with E-state index in [9.17, 15) is 0 Å². The van der Waals surface area contributed by atoms with Gasteiger partial charge in [-0.2, -0.15) is 5.10 Å². The van der Waals surface area contributed by atoms with Crippen LogP contribution in [0.25, 0.3) is 16.9 Å². The van der Waals surface area contributed by atoms with Gasteiger partial charge >= 0.3 is 0 Å². The van der Waals surface area contributed by atoms with E-state index in [1.165, 1.54) is 0 Å². The van der Waals surface area contributed by atoms with Crippen LogP contribution in [-0.4, -0.2) is 19.6 Å². The Morgan fingerprint density at radius 3 is 3.00 bits per heavy atom. The molecule has 3 rings (SSSR count). The van der Waals surface area contributed by atoms with E-state index in [1.807, 2.05) is 6.07 Å². The third-order valence-corrected chi connectivity index (χ3v) is 2.64. The first-order valence-corrected chi connectivity index (χ1v) is 5.33. The fourth-order valence-electron chi connectivity index (χ4n) is 1.63. The normalized spacial score (nSPS) is 10.9. The molecule has 0 atom stereocenters. The van der Waals surface area contributed by atoms with Crippen LogP contribution in [0, 0.1) is 0 Å². The summed E-state index contributed by atoms with van der Waals surface area (Å²) in [5.41, 5.74) is 7.29. The minimum absolute atomic E-state index is 0.427. The molecule has 0 radical (unpaired) electrons. The predicted molar refractivity (Wildman–Crippen MR) is 65.6 cm³/mol. The number of hydrogen-bond acceptors (Lipinski definition) is 4. The lowest BCUT2D eigenvalue weighted by Gasteiger charge is -1.99. The molecule has 0 aromatic carbocycles. The van der Waals surface area contributed by atoms with Crippen molar-refractivity contribution in [2.45, 2.75) is 0 Å². The van der Waals surface area contributed by atoms with Gasteiger partial charge in [-0.15, -0.1) is 0 Å². The van der Waals surface area contributed by atoms with Crippen LogP contribution in [0.4, 0.5) is 5.82 Å². The van der Waals surface area contributed by atoms with E-state index < -0.39 is 0 Å². The fourth-order valence-corrected chi connectivity index (χ4v) is 1.79. The number of nitrogen functional groups attached to an aromatic ring is 1. The standard InChI is InChI=1S/C11H8ClN5/c12-7-2-4-17-9(5-7)8(6-15-17)11-14-3-1-10(13)16-11/h1-6H,(H2,13,14,16). The highest BCUT2D eigenvalue weighted by Crippen LogP contribution is 2.23. The topological polar surface area (TPSA) is 69.1 Å². The Balaban J connectivity index is 2.27. The van der Waals surface area contributed by atoms with Crippen molar-refractivity contribution in [3.63, 3.8) is 0 Å². The summed E-state index contributed by atoms with van der Waals surface area (Å²) in [6, 6.07) is 5.23. The van der Waals surface area contributed by atoms with Crippen molar-refractivity contribution in [3.05, 3.63) is 41.8 Å². The van der Waals surface area contributed by atoms with Gasteiger partial charge in [0.05, 0.1) is 17.3 Å². The second-order valence-corrected chi connectivity index (χ2v) is 3.97. The summed E-state index contributed by atoms with van der Waals surface area (Å²) < 4.78 is 1.72. The SMILES string of the molecule is Nc1ccnc(-c2cnn3ccc(Cl)cc23)n1. The summed E-state index contributed by atoms with van der Waals surface area (Å²) in [7, 11) is 0. The first-order valence-electron chi connectivity index (χ1n) is 4.96. The van der Waals surface area contributed by atoms with Crippen molar-refractivity contribution in [1.82, 2.24) is 19.6 Å². The highest BCUT2D eigenvalue weighted by molar-refractivity contribution is 6.31. The zero-order valence-electron chi connectivity index (χ0n) is 8.71. The quantitative estimate of drug-likeness (QED) is 0.712. The van der Waals surface area contributed by atoms with Crippen LogP contribution in [0.2, 0.25) is 5.02 Å². The molecule has 84 valence electrons. The van der Waals surface area contributed by atoms with Crippen molar-refractivity contribution < 1.29 is 0 Å². The molecule has 3 aromatic heterocycles. The van der Waals surface area contributed by atoms with Crippen molar-refractivity contribution in [2.75, 3.05) is 5.73 Å². The Bertz CT molecular complexity index is 691. The van der Waals surface area contributed by atoms with Crippen molar-refractivity contribution in [3.8, 4) is 11.4 Å². The molecule has 0 aliphatic carbocycles. The Kier molecular flexibility index (Phi) is 2.19. The highest BCUT2D eigenvalue weighted by Gasteiger charge is 2.09. The second-order valence-electron chi connectivity index (χ2n) is 3.54. The summed E-state index contributed by atoms with van der Waals surface area (Å²) in [4.78, 5) is 8.34. The van der Waals surface area contributed by atoms with Crippen LogP contribution >= 0.6 is 11.6 Å². The van der Waals surface area contributed by atoms with Crippen LogP contribution < -0.4 is 5.73 Å². The number of hydrogen-bond donors (Lipinski definition) is 1. The van der Waals surface area contributed by atoms with Gasteiger partial charge in [0.2, 0.25) is 0 Å². The molecule has 3 heterocycles. The van der Waals surface area contributed by atoms with Gasteiger partial charge in [0.1, 0.15) is 5.82 Å². The molecular formula is C11H8ClN5. The number of anilines is 1. The van der Waals surface area contributed by atoms with Crippen molar-refractivity contribution in [1.29, 1.82) is 0 Å². The van der Waals surface area contributed by atoms with Crippen molar-refractivity contribution in [2.24, 2.45) is 0 Å². The zero-order valence-corrected chi connectivity index (χ0v) is 9.46. The van der Waals surface area contributed by atoms with E-state index >= 15 is 0 Å². The van der Waals surface area contributed by atoms with Gasteiger partial charge in [0, 0.05) is 17.4 Å². The number of nitrogens with two attached hydrogens (primary N) is 1. The van der Waals surface area contributed by atoms with Gasteiger partial charge in [-0.3, -0.25) is 0 Å².